The van der Waals surface area contributed by atoms with Crippen molar-refractivity contribution in [1.82, 2.24) is 0 Å². The minimum Gasteiger partial charge on any atom is -0.0622 e. The molecular formula is C52H32. The summed E-state index contributed by atoms with van der Waals surface area (Å²) in [4.78, 5) is 0. The molecule has 0 saturated carbocycles. The molecule has 0 unspecified atom stereocenters. The van der Waals surface area contributed by atoms with E-state index in [0.29, 0.717) is 0 Å². The van der Waals surface area contributed by atoms with Crippen molar-refractivity contribution in [3.63, 3.8) is 0 Å². The second-order valence-corrected chi connectivity index (χ2v) is 13.9. The second-order valence-electron chi connectivity index (χ2n) is 13.9. The summed E-state index contributed by atoms with van der Waals surface area (Å²) in [6.45, 7) is 0. The van der Waals surface area contributed by atoms with Gasteiger partial charge >= 0.3 is 0 Å². The van der Waals surface area contributed by atoms with Gasteiger partial charge in [-0.05, 0) is 121 Å². The molecule has 0 N–H and O–H groups in total. The zero-order valence-corrected chi connectivity index (χ0v) is 28.5. The van der Waals surface area contributed by atoms with Crippen LogP contribution in [-0.2, 0) is 0 Å². The Hall–Kier alpha value is -6.76. The highest BCUT2D eigenvalue weighted by atomic mass is 14.2. The van der Waals surface area contributed by atoms with Crippen molar-refractivity contribution in [2.45, 2.75) is 0 Å². The van der Waals surface area contributed by atoms with Gasteiger partial charge in [0.1, 0.15) is 0 Å². The minimum absolute atomic E-state index is 1.22. The van der Waals surface area contributed by atoms with Gasteiger partial charge < -0.3 is 0 Å². The molecule has 0 heterocycles. The molecule has 0 amide bonds. The fraction of sp³-hybridized carbons (Fsp3) is 0. The molecule has 0 heteroatoms. The maximum Gasteiger partial charge on any atom is -0.000763 e. The van der Waals surface area contributed by atoms with Crippen molar-refractivity contribution in [1.29, 1.82) is 0 Å². The summed E-state index contributed by atoms with van der Waals surface area (Å²) in [6.07, 6.45) is 0. The fourth-order valence-electron chi connectivity index (χ4n) is 9.00. The van der Waals surface area contributed by atoms with Crippen LogP contribution in [0.5, 0.6) is 0 Å². The van der Waals surface area contributed by atoms with Gasteiger partial charge in [0, 0.05) is 0 Å². The van der Waals surface area contributed by atoms with Crippen LogP contribution in [0.4, 0.5) is 0 Å². The Labute approximate surface area is 302 Å². The van der Waals surface area contributed by atoms with Crippen molar-refractivity contribution in [3.8, 4) is 44.5 Å². The van der Waals surface area contributed by atoms with Gasteiger partial charge in [0.15, 0.2) is 0 Å². The quantitative estimate of drug-likeness (QED) is 0.131. The lowest BCUT2D eigenvalue weighted by atomic mass is 9.81. The first-order valence-electron chi connectivity index (χ1n) is 18.1. The Morgan fingerprint density at radius 2 is 0.692 bits per heavy atom. The molecule has 0 nitrogen and oxygen atoms in total. The zero-order chi connectivity index (χ0) is 34.2. The molecule has 0 radical (unpaired) electrons. The van der Waals surface area contributed by atoms with Gasteiger partial charge in [-0.15, -0.1) is 0 Å². The lowest BCUT2D eigenvalue weighted by Crippen LogP contribution is -1.94. The van der Waals surface area contributed by atoms with Crippen LogP contribution >= 0.6 is 0 Å². The normalized spacial score (nSPS) is 11.8. The summed E-state index contributed by atoms with van der Waals surface area (Å²) in [5, 5.41) is 15.6. The first-order chi connectivity index (χ1) is 25.8. The highest BCUT2D eigenvalue weighted by Gasteiger charge is 2.22. The standard InChI is InChI=1S/C52H32/c1-4-15-33(16-5-1)37-23-12-24-40-47(34-17-6-2-7-18-34)31-36(32-48(37)40)38-29-30-46-50-41(38)25-13-27-44(50)45-28-14-26-43-39-21-10-11-22-42(39)49(52(46)51(43)45)35-19-8-3-9-20-35/h1-32H. The summed E-state index contributed by atoms with van der Waals surface area (Å²) in [5.41, 5.74) is 9.99. The van der Waals surface area contributed by atoms with E-state index in [2.05, 4.69) is 194 Å². The topological polar surface area (TPSA) is 0 Å². The van der Waals surface area contributed by atoms with Crippen molar-refractivity contribution in [3.05, 3.63) is 194 Å². The Bertz CT molecular complexity index is 3140. The van der Waals surface area contributed by atoms with E-state index in [-0.39, 0.29) is 0 Å². The van der Waals surface area contributed by atoms with Gasteiger partial charge in [0.25, 0.3) is 0 Å². The molecule has 0 bridgehead atoms. The molecule has 11 aromatic rings. The number of hydrogen-bond acceptors (Lipinski definition) is 0. The molecule has 0 aliphatic rings. The maximum atomic E-state index is 2.43. The van der Waals surface area contributed by atoms with Crippen molar-refractivity contribution in [2.75, 3.05) is 0 Å². The first kappa shape index (κ1) is 29.0. The van der Waals surface area contributed by atoms with Gasteiger partial charge in [-0.3, -0.25) is 0 Å². The van der Waals surface area contributed by atoms with Crippen LogP contribution in [0.2, 0.25) is 0 Å². The van der Waals surface area contributed by atoms with Gasteiger partial charge in [0.2, 0.25) is 0 Å². The number of benzene rings is 11. The highest BCUT2D eigenvalue weighted by Crippen LogP contribution is 2.50. The summed E-state index contributed by atoms with van der Waals surface area (Å²) in [5.74, 6) is 0. The van der Waals surface area contributed by atoms with Crippen LogP contribution in [0.1, 0.15) is 0 Å². The third kappa shape index (κ3) is 4.22. The van der Waals surface area contributed by atoms with E-state index in [0.717, 1.165) is 0 Å². The van der Waals surface area contributed by atoms with Gasteiger partial charge in [-0.2, -0.15) is 0 Å². The zero-order valence-electron chi connectivity index (χ0n) is 28.5. The van der Waals surface area contributed by atoms with Crippen LogP contribution in [0.15, 0.2) is 194 Å². The lowest BCUT2D eigenvalue weighted by Gasteiger charge is -2.21. The second kappa shape index (κ2) is 11.4. The first-order valence-corrected chi connectivity index (χ1v) is 18.1. The molecule has 0 aliphatic carbocycles. The minimum atomic E-state index is 1.22. The average Bonchev–Trinajstić information content (AvgIpc) is 3.22. The molecule has 11 aromatic carbocycles. The lowest BCUT2D eigenvalue weighted by molar-refractivity contribution is 1.62. The SMILES string of the molecule is c1ccc(-c2cc(-c3ccc4c5c(-c6ccccc6)c6ccccc6c6cccc(c7cccc3c74)c65)cc3c(-c4ccccc4)cccc23)cc1. The van der Waals surface area contributed by atoms with E-state index in [9.17, 15) is 0 Å². The summed E-state index contributed by atoms with van der Waals surface area (Å²) < 4.78 is 0. The molecule has 0 aliphatic heterocycles. The predicted molar refractivity (Wildman–Crippen MR) is 224 cm³/mol. The number of rotatable bonds is 4. The van der Waals surface area contributed by atoms with Crippen molar-refractivity contribution >= 4 is 64.6 Å². The molecule has 0 atom stereocenters. The average molecular weight is 657 g/mol. The van der Waals surface area contributed by atoms with E-state index in [1.165, 1.54) is 109 Å². The van der Waals surface area contributed by atoms with Crippen LogP contribution < -0.4 is 0 Å². The van der Waals surface area contributed by atoms with Gasteiger partial charge in [-0.25, -0.2) is 0 Å². The van der Waals surface area contributed by atoms with E-state index < -0.39 is 0 Å². The molecule has 0 saturated heterocycles. The molecule has 0 spiro atoms. The number of hydrogen-bond donors (Lipinski definition) is 0. The van der Waals surface area contributed by atoms with E-state index in [4.69, 9.17) is 0 Å². The van der Waals surface area contributed by atoms with Crippen LogP contribution in [0.25, 0.3) is 109 Å². The molecular weight excluding hydrogens is 625 g/mol. The van der Waals surface area contributed by atoms with Crippen LogP contribution in [0.3, 0.4) is 0 Å². The Morgan fingerprint density at radius 1 is 0.192 bits per heavy atom. The Kier molecular flexibility index (Phi) is 6.35. The van der Waals surface area contributed by atoms with Crippen molar-refractivity contribution < 1.29 is 0 Å². The Balaban J connectivity index is 1.29. The van der Waals surface area contributed by atoms with E-state index >= 15 is 0 Å². The van der Waals surface area contributed by atoms with Crippen LogP contribution in [-0.4, -0.2) is 0 Å². The maximum absolute atomic E-state index is 2.43. The van der Waals surface area contributed by atoms with Gasteiger partial charge in [0.05, 0.1) is 0 Å². The highest BCUT2D eigenvalue weighted by molar-refractivity contribution is 6.40. The van der Waals surface area contributed by atoms with Gasteiger partial charge in [-0.1, -0.05) is 182 Å². The van der Waals surface area contributed by atoms with E-state index in [1.807, 2.05) is 0 Å². The largest absolute Gasteiger partial charge is 0.0622 e. The smallest absolute Gasteiger partial charge is 0.000763 e. The summed E-state index contributed by atoms with van der Waals surface area (Å²) in [7, 11) is 0. The molecule has 52 heavy (non-hydrogen) atoms. The number of fused-ring (bicyclic) bond motifs is 5. The Morgan fingerprint density at radius 3 is 1.40 bits per heavy atom. The fourth-order valence-corrected chi connectivity index (χ4v) is 9.00. The molecule has 240 valence electrons. The monoisotopic (exact) mass is 656 g/mol. The third-order valence-corrected chi connectivity index (χ3v) is 11.2. The summed E-state index contributed by atoms with van der Waals surface area (Å²) >= 11 is 0. The molecule has 0 fully saturated rings. The third-order valence-electron chi connectivity index (χ3n) is 11.2. The molecule has 11 rings (SSSR count). The summed E-state index contributed by atoms with van der Waals surface area (Å²) in [6, 6.07) is 71.7. The molecule has 0 aromatic heterocycles. The predicted octanol–water partition coefficient (Wildman–Crippen LogP) is 14.7. The van der Waals surface area contributed by atoms with E-state index in [1.54, 1.807) is 0 Å². The van der Waals surface area contributed by atoms with Crippen molar-refractivity contribution in [2.24, 2.45) is 0 Å². The van der Waals surface area contributed by atoms with Crippen LogP contribution in [0, 0.1) is 0 Å².